The van der Waals surface area contributed by atoms with Crippen LogP contribution in [-0.4, -0.2) is 0 Å². The van der Waals surface area contributed by atoms with Crippen molar-refractivity contribution in [1.29, 1.82) is 0 Å². The summed E-state index contributed by atoms with van der Waals surface area (Å²) < 4.78 is 13.3. The second kappa shape index (κ2) is 5.38. The maximum absolute atomic E-state index is 13.3. The predicted octanol–water partition coefficient (Wildman–Crippen LogP) is 5.69. The van der Waals surface area contributed by atoms with E-state index < -0.39 is 0 Å². The average Bonchev–Trinajstić information content (AvgIpc) is 2.29. The Kier molecular flexibility index (Phi) is 4.08. The first-order valence-corrected chi connectivity index (χ1v) is 6.79. The minimum Gasteiger partial charge on any atom is -0.207 e. The molecule has 0 aliphatic carbocycles. The Morgan fingerprint density at radius 1 is 1.00 bits per heavy atom. The molecule has 0 aliphatic heterocycles. The van der Waals surface area contributed by atoms with Crippen molar-refractivity contribution < 1.29 is 4.39 Å². The number of alkyl halides is 1. The maximum atomic E-state index is 13.3. The fourth-order valence-corrected chi connectivity index (χ4v) is 2.62. The summed E-state index contributed by atoms with van der Waals surface area (Å²) in [4.78, 5) is 0. The first-order chi connectivity index (χ1) is 8.11. The molecule has 0 nitrogen and oxygen atoms in total. The first kappa shape index (κ1) is 12.9. The number of rotatable bonds is 2. The SMILES string of the molecule is Fc1ccc(CBr)c(-c2ccc(Cl)cc2Cl)c1. The van der Waals surface area contributed by atoms with E-state index in [-0.39, 0.29) is 5.82 Å². The zero-order chi connectivity index (χ0) is 12.4. The van der Waals surface area contributed by atoms with Gasteiger partial charge in [-0.3, -0.25) is 0 Å². The van der Waals surface area contributed by atoms with E-state index in [1.807, 2.05) is 0 Å². The predicted molar refractivity (Wildman–Crippen MR) is 74.5 cm³/mol. The Morgan fingerprint density at radius 3 is 2.41 bits per heavy atom. The smallest absolute Gasteiger partial charge is 0.123 e. The summed E-state index contributed by atoms with van der Waals surface area (Å²) in [6, 6.07) is 9.85. The molecule has 88 valence electrons. The lowest BCUT2D eigenvalue weighted by Gasteiger charge is -2.09. The average molecular weight is 334 g/mol. The van der Waals surface area contributed by atoms with Crippen LogP contribution in [0.4, 0.5) is 4.39 Å². The van der Waals surface area contributed by atoms with Crippen LogP contribution in [-0.2, 0) is 5.33 Å². The van der Waals surface area contributed by atoms with Crippen molar-refractivity contribution in [2.24, 2.45) is 0 Å². The summed E-state index contributed by atoms with van der Waals surface area (Å²) in [5.41, 5.74) is 2.55. The third kappa shape index (κ3) is 2.82. The highest BCUT2D eigenvalue weighted by atomic mass is 79.9. The van der Waals surface area contributed by atoms with E-state index in [2.05, 4.69) is 15.9 Å². The van der Waals surface area contributed by atoms with Gasteiger partial charge in [-0.1, -0.05) is 51.3 Å². The van der Waals surface area contributed by atoms with Gasteiger partial charge in [0.1, 0.15) is 5.82 Å². The first-order valence-electron chi connectivity index (χ1n) is 4.91. The van der Waals surface area contributed by atoms with Gasteiger partial charge in [-0.05, 0) is 35.4 Å². The van der Waals surface area contributed by atoms with Crippen molar-refractivity contribution >= 4 is 39.1 Å². The summed E-state index contributed by atoms with van der Waals surface area (Å²) >= 11 is 15.3. The van der Waals surface area contributed by atoms with Gasteiger partial charge in [0, 0.05) is 20.9 Å². The topological polar surface area (TPSA) is 0 Å². The van der Waals surface area contributed by atoms with Crippen molar-refractivity contribution in [3.05, 3.63) is 57.8 Å². The highest BCUT2D eigenvalue weighted by Gasteiger charge is 2.09. The Balaban J connectivity index is 2.62. The van der Waals surface area contributed by atoms with Crippen LogP contribution in [0, 0.1) is 5.82 Å². The van der Waals surface area contributed by atoms with E-state index in [0.717, 1.165) is 16.7 Å². The van der Waals surface area contributed by atoms with Crippen LogP contribution >= 0.6 is 39.1 Å². The zero-order valence-corrected chi connectivity index (χ0v) is 11.8. The summed E-state index contributed by atoms with van der Waals surface area (Å²) in [5.74, 6) is -0.282. The second-order valence-corrected chi connectivity index (χ2v) is 4.96. The van der Waals surface area contributed by atoms with Crippen LogP contribution in [0.2, 0.25) is 10.0 Å². The zero-order valence-electron chi connectivity index (χ0n) is 8.68. The molecule has 0 amide bonds. The van der Waals surface area contributed by atoms with Gasteiger partial charge >= 0.3 is 0 Å². The number of benzene rings is 2. The monoisotopic (exact) mass is 332 g/mol. The normalized spacial score (nSPS) is 10.6. The van der Waals surface area contributed by atoms with Gasteiger partial charge < -0.3 is 0 Å². The summed E-state index contributed by atoms with van der Waals surface area (Å²) in [5, 5.41) is 1.72. The minimum atomic E-state index is -0.282. The third-order valence-corrected chi connectivity index (χ3v) is 3.59. The van der Waals surface area contributed by atoms with E-state index in [4.69, 9.17) is 23.2 Å². The molecule has 2 aromatic carbocycles. The molecule has 17 heavy (non-hydrogen) atoms. The Labute approximate surface area is 117 Å². The lowest BCUT2D eigenvalue weighted by Crippen LogP contribution is -1.89. The minimum absolute atomic E-state index is 0.282. The quantitative estimate of drug-likeness (QED) is 0.619. The summed E-state index contributed by atoms with van der Waals surface area (Å²) in [6.45, 7) is 0. The van der Waals surface area contributed by atoms with Gasteiger partial charge in [-0.2, -0.15) is 0 Å². The van der Waals surface area contributed by atoms with Crippen LogP contribution in [0.1, 0.15) is 5.56 Å². The van der Waals surface area contributed by atoms with E-state index in [9.17, 15) is 4.39 Å². The molecule has 0 unspecified atom stereocenters. The second-order valence-electron chi connectivity index (χ2n) is 3.56. The number of halogens is 4. The molecule has 0 bridgehead atoms. The molecule has 0 aliphatic rings. The van der Waals surface area contributed by atoms with Crippen LogP contribution in [0.5, 0.6) is 0 Å². The van der Waals surface area contributed by atoms with E-state index >= 15 is 0 Å². The number of hydrogen-bond acceptors (Lipinski definition) is 0. The summed E-state index contributed by atoms with van der Waals surface area (Å²) in [7, 11) is 0. The van der Waals surface area contributed by atoms with Gasteiger partial charge in [-0.25, -0.2) is 4.39 Å². The van der Waals surface area contributed by atoms with Crippen LogP contribution in [0.15, 0.2) is 36.4 Å². The Morgan fingerprint density at radius 2 is 1.76 bits per heavy atom. The van der Waals surface area contributed by atoms with Gasteiger partial charge in [0.2, 0.25) is 0 Å². The Hall–Kier alpha value is -0.570. The molecule has 0 atom stereocenters. The van der Waals surface area contributed by atoms with Gasteiger partial charge in [0.15, 0.2) is 0 Å². The maximum Gasteiger partial charge on any atom is 0.123 e. The van der Waals surface area contributed by atoms with E-state index in [0.29, 0.717) is 15.4 Å². The highest BCUT2D eigenvalue weighted by molar-refractivity contribution is 9.08. The molecule has 0 saturated carbocycles. The molecular weight excluding hydrogens is 326 g/mol. The van der Waals surface area contributed by atoms with E-state index in [1.54, 1.807) is 24.3 Å². The van der Waals surface area contributed by atoms with E-state index in [1.165, 1.54) is 12.1 Å². The van der Waals surface area contributed by atoms with Gasteiger partial charge in [0.05, 0.1) is 0 Å². The third-order valence-electron chi connectivity index (χ3n) is 2.44. The molecule has 2 aromatic rings. The van der Waals surface area contributed by atoms with Gasteiger partial charge in [0.25, 0.3) is 0 Å². The molecule has 0 radical (unpaired) electrons. The Bertz CT molecular complexity index is 555. The molecular formula is C13H8BrCl2F. The van der Waals surface area contributed by atoms with Crippen molar-refractivity contribution in [2.45, 2.75) is 5.33 Å². The standard InChI is InChI=1S/C13H8BrCl2F/c14-7-8-1-3-10(17)6-12(8)11-4-2-9(15)5-13(11)16/h1-6H,7H2. The fraction of sp³-hybridized carbons (Fsp3) is 0.0769. The highest BCUT2D eigenvalue weighted by Crippen LogP contribution is 2.33. The van der Waals surface area contributed by atoms with Crippen LogP contribution in [0.25, 0.3) is 11.1 Å². The molecule has 0 aromatic heterocycles. The van der Waals surface area contributed by atoms with Crippen LogP contribution in [0.3, 0.4) is 0 Å². The fourth-order valence-electron chi connectivity index (χ4n) is 1.62. The largest absolute Gasteiger partial charge is 0.207 e. The lowest BCUT2D eigenvalue weighted by atomic mass is 10.0. The lowest BCUT2D eigenvalue weighted by molar-refractivity contribution is 0.628. The van der Waals surface area contributed by atoms with Crippen molar-refractivity contribution in [3.8, 4) is 11.1 Å². The van der Waals surface area contributed by atoms with Crippen molar-refractivity contribution in [3.63, 3.8) is 0 Å². The molecule has 0 saturated heterocycles. The molecule has 2 rings (SSSR count). The molecule has 0 N–H and O–H groups in total. The van der Waals surface area contributed by atoms with Crippen molar-refractivity contribution in [1.82, 2.24) is 0 Å². The molecule has 0 spiro atoms. The number of hydrogen-bond donors (Lipinski definition) is 0. The summed E-state index contributed by atoms with van der Waals surface area (Å²) in [6.07, 6.45) is 0. The van der Waals surface area contributed by atoms with Crippen LogP contribution < -0.4 is 0 Å². The molecule has 0 fully saturated rings. The van der Waals surface area contributed by atoms with Gasteiger partial charge in [-0.15, -0.1) is 0 Å². The molecule has 0 heterocycles. The molecule has 4 heteroatoms. The van der Waals surface area contributed by atoms with Crippen molar-refractivity contribution in [2.75, 3.05) is 0 Å².